The Kier molecular flexibility index (Phi) is 8.03. The normalized spacial score (nSPS) is 22.2. The van der Waals surface area contributed by atoms with Crippen molar-refractivity contribution in [2.24, 2.45) is 4.99 Å². The summed E-state index contributed by atoms with van der Waals surface area (Å²) in [4.78, 5) is 6.93. The van der Waals surface area contributed by atoms with Gasteiger partial charge in [-0.3, -0.25) is 4.99 Å². The summed E-state index contributed by atoms with van der Waals surface area (Å²) in [5.74, 6) is 0.674. The smallest absolute Gasteiger partial charge is 0.191 e. The zero-order valence-corrected chi connectivity index (χ0v) is 16.6. The summed E-state index contributed by atoms with van der Waals surface area (Å²) in [6.07, 6.45) is 5.86. The molecule has 6 heteroatoms. The van der Waals surface area contributed by atoms with Crippen molar-refractivity contribution >= 4 is 17.7 Å². The summed E-state index contributed by atoms with van der Waals surface area (Å²) in [6.45, 7) is 3.56. The molecule has 140 valence electrons. The zero-order chi connectivity index (χ0) is 18.2. The first kappa shape index (κ1) is 20.0. The lowest BCUT2D eigenvalue weighted by Crippen LogP contribution is -2.43. The molecule has 2 N–H and O–H groups in total. The minimum Gasteiger partial charge on any atom is -0.357 e. The predicted molar refractivity (Wildman–Crippen MR) is 107 cm³/mol. The number of aliphatic imine (C=N–C) groups is 1. The molecule has 0 spiro atoms. The lowest BCUT2D eigenvalue weighted by atomic mass is 10.1. The van der Waals surface area contributed by atoms with Crippen LogP contribution in [0.4, 0.5) is 4.39 Å². The van der Waals surface area contributed by atoms with Crippen LogP contribution in [0.1, 0.15) is 37.8 Å². The number of hydrogen-bond donors (Lipinski definition) is 2. The second-order valence-electron chi connectivity index (χ2n) is 6.76. The van der Waals surface area contributed by atoms with Crippen molar-refractivity contribution < 1.29 is 4.39 Å². The number of thioether (sulfide) groups is 1. The van der Waals surface area contributed by atoms with E-state index in [1.807, 2.05) is 38.0 Å². The standard InChI is InChI=1S/C19H31FN4S/c1-5-21-19(23-16-10-11-17(12-16)25-4)22-13-18(24(2)3)14-6-8-15(20)9-7-14/h6-9,16-18H,5,10-13H2,1-4H3,(H2,21,22,23). The average molecular weight is 367 g/mol. The van der Waals surface area contributed by atoms with Crippen LogP contribution in [0.2, 0.25) is 0 Å². The fourth-order valence-corrected chi connectivity index (χ4v) is 4.02. The monoisotopic (exact) mass is 366 g/mol. The van der Waals surface area contributed by atoms with Crippen LogP contribution >= 0.6 is 11.8 Å². The van der Waals surface area contributed by atoms with Crippen LogP contribution in [-0.4, -0.2) is 55.6 Å². The van der Waals surface area contributed by atoms with E-state index in [2.05, 4.69) is 28.7 Å². The first-order valence-corrected chi connectivity index (χ1v) is 10.3. The quantitative estimate of drug-likeness (QED) is 0.574. The number of nitrogens with zero attached hydrogens (tertiary/aromatic N) is 2. The Bertz CT molecular complexity index is 547. The van der Waals surface area contributed by atoms with Crippen molar-refractivity contribution in [3.8, 4) is 0 Å². The second kappa shape index (κ2) is 10.0. The first-order chi connectivity index (χ1) is 12.0. The fourth-order valence-electron chi connectivity index (χ4n) is 3.23. The van der Waals surface area contributed by atoms with Gasteiger partial charge in [-0.25, -0.2) is 4.39 Å². The number of likely N-dealkylation sites (N-methyl/N-ethyl adjacent to an activating group) is 1. The highest BCUT2D eigenvalue weighted by atomic mass is 32.2. The number of hydrogen-bond acceptors (Lipinski definition) is 3. The van der Waals surface area contributed by atoms with Gasteiger partial charge in [0.1, 0.15) is 5.82 Å². The van der Waals surface area contributed by atoms with Gasteiger partial charge in [-0.2, -0.15) is 11.8 Å². The highest BCUT2D eigenvalue weighted by molar-refractivity contribution is 7.99. The lowest BCUT2D eigenvalue weighted by Gasteiger charge is -2.24. The molecule has 0 amide bonds. The van der Waals surface area contributed by atoms with E-state index < -0.39 is 0 Å². The molecule has 1 fully saturated rings. The third-order valence-electron chi connectivity index (χ3n) is 4.70. The van der Waals surface area contributed by atoms with E-state index in [1.165, 1.54) is 31.4 Å². The van der Waals surface area contributed by atoms with E-state index in [0.717, 1.165) is 23.3 Å². The molecule has 1 aromatic rings. The van der Waals surface area contributed by atoms with Crippen LogP contribution in [0, 0.1) is 5.82 Å². The van der Waals surface area contributed by atoms with Crippen LogP contribution in [0.3, 0.4) is 0 Å². The van der Waals surface area contributed by atoms with E-state index >= 15 is 0 Å². The summed E-state index contributed by atoms with van der Waals surface area (Å²) in [5, 5.41) is 7.69. The number of rotatable bonds is 7. The first-order valence-electron chi connectivity index (χ1n) is 9.03. The van der Waals surface area contributed by atoms with Crippen molar-refractivity contribution in [1.29, 1.82) is 0 Å². The Hall–Kier alpha value is -1.27. The summed E-state index contributed by atoms with van der Waals surface area (Å²) >= 11 is 1.96. The van der Waals surface area contributed by atoms with Gasteiger partial charge in [0.25, 0.3) is 0 Å². The Morgan fingerprint density at radius 3 is 2.60 bits per heavy atom. The molecular weight excluding hydrogens is 335 g/mol. The number of nitrogens with one attached hydrogen (secondary N) is 2. The molecule has 0 bridgehead atoms. The Morgan fingerprint density at radius 1 is 1.32 bits per heavy atom. The van der Waals surface area contributed by atoms with E-state index in [9.17, 15) is 4.39 Å². The molecule has 0 aromatic heterocycles. The molecular formula is C19H31FN4S. The van der Waals surface area contributed by atoms with E-state index in [-0.39, 0.29) is 11.9 Å². The summed E-state index contributed by atoms with van der Waals surface area (Å²) in [7, 11) is 4.06. The molecule has 0 aliphatic heterocycles. The molecule has 1 aliphatic rings. The van der Waals surface area contributed by atoms with Gasteiger partial charge in [-0.15, -0.1) is 0 Å². The Balaban J connectivity index is 2.03. The topological polar surface area (TPSA) is 39.7 Å². The average Bonchev–Trinajstić information content (AvgIpc) is 3.04. The molecule has 3 unspecified atom stereocenters. The lowest BCUT2D eigenvalue weighted by molar-refractivity contribution is 0.306. The molecule has 1 aromatic carbocycles. The van der Waals surface area contributed by atoms with Gasteiger partial charge in [-0.05, 0) is 64.2 Å². The van der Waals surface area contributed by atoms with Gasteiger partial charge < -0.3 is 15.5 Å². The predicted octanol–water partition coefficient (Wildman–Crippen LogP) is 3.27. The van der Waals surface area contributed by atoms with Crippen molar-refractivity contribution in [3.05, 3.63) is 35.6 Å². The summed E-state index contributed by atoms with van der Waals surface area (Å²) in [5.41, 5.74) is 1.08. The highest BCUT2D eigenvalue weighted by Crippen LogP contribution is 2.28. The van der Waals surface area contributed by atoms with Crippen molar-refractivity contribution in [2.75, 3.05) is 33.4 Å². The largest absolute Gasteiger partial charge is 0.357 e. The van der Waals surface area contributed by atoms with Crippen LogP contribution in [0.25, 0.3) is 0 Å². The van der Waals surface area contributed by atoms with Gasteiger partial charge in [0, 0.05) is 17.8 Å². The summed E-state index contributed by atoms with van der Waals surface area (Å²) in [6, 6.07) is 7.34. The minimum atomic E-state index is -0.204. The SMILES string of the molecule is CCNC(=NCC(c1ccc(F)cc1)N(C)C)NC1CCC(SC)C1. The highest BCUT2D eigenvalue weighted by Gasteiger charge is 2.24. The molecule has 0 heterocycles. The molecule has 25 heavy (non-hydrogen) atoms. The van der Waals surface area contributed by atoms with E-state index in [0.29, 0.717) is 12.6 Å². The van der Waals surface area contributed by atoms with Crippen molar-refractivity contribution in [1.82, 2.24) is 15.5 Å². The number of guanidine groups is 1. The second-order valence-corrected chi connectivity index (χ2v) is 7.90. The number of halogens is 1. The molecule has 4 nitrogen and oxygen atoms in total. The molecule has 0 saturated heterocycles. The molecule has 2 rings (SSSR count). The molecule has 1 aliphatic carbocycles. The van der Waals surface area contributed by atoms with Gasteiger partial charge in [0.2, 0.25) is 0 Å². The van der Waals surface area contributed by atoms with Crippen LogP contribution in [0.5, 0.6) is 0 Å². The van der Waals surface area contributed by atoms with Gasteiger partial charge >= 0.3 is 0 Å². The maximum atomic E-state index is 13.2. The third kappa shape index (κ3) is 6.19. The van der Waals surface area contributed by atoms with E-state index in [4.69, 9.17) is 4.99 Å². The van der Waals surface area contributed by atoms with Gasteiger partial charge in [0.15, 0.2) is 5.96 Å². The maximum Gasteiger partial charge on any atom is 0.191 e. The van der Waals surface area contributed by atoms with Gasteiger partial charge in [-0.1, -0.05) is 12.1 Å². The van der Waals surface area contributed by atoms with Crippen LogP contribution in [0.15, 0.2) is 29.3 Å². The van der Waals surface area contributed by atoms with Crippen molar-refractivity contribution in [2.45, 2.75) is 43.5 Å². The van der Waals surface area contributed by atoms with E-state index in [1.54, 1.807) is 0 Å². The molecule has 3 atom stereocenters. The van der Waals surface area contributed by atoms with Gasteiger partial charge in [0.05, 0.1) is 12.6 Å². The molecule has 1 saturated carbocycles. The minimum absolute atomic E-state index is 0.124. The maximum absolute atomic E-state index is 13.2. The van der Waals surface area contributed by atoms with Crippen molar-refractivity contribution in [3.63, 3.8) is 0 Å². The van der Waals surface area contributed by atoms with Crippen LogP contribution in [-0.2, 0) is 0 Å². The zero-order valence-electron chi connectivity index (χ0n) is 15.8. The third-order valence-corrected chi connectivity index (χ3v) is 5.80. The molecule has 0 radical (unpaired) electrons. The number of benzene rings is 1. The summed E-state index contributed by atoms with van der Waals surface area (Å²) < 4.78 is 13.2. The fraction of sp³-hybridized carbons (Fsp3) is 0.632. The van der Waals surface area contributed by atoms with Crippen LogP contribution < -0.4 is 10.6 Å². The Morgan fingerprint density at radius 2 is 2.04 bits per heavy atom. The Labute approximate surface area is 155 Å².